The van der Waals surface area contributed by atoms with Crippen LogP contribution in [0.2, 0.25) is 0 Å². The van der Waals surface area contributed by atoms with E-state index in [-0.39, 0.29) is 5.69 Å². The number of rotatable bonds is 7. The molecule has 0 saturated heterocycles. The van der Waals surface area contributed by atoms with Gasteiger partial charge in [-0.05, 0) is 19.3 Å². The van der Waals surface area contributed by atoms with E-state index in [9.17, 15) is 4.79 Å². The van der Waals surface area contributed by atoms with Gasteiger partial charge in [0.1, 0.15) is 0 Å². The number of hydrogen-bond acceptors (Lipinski definition) is 3. The van der Waals surface area contributed by atoms with Gasteiger partial charge in [0, 0.05) is 6.54 Å². The molecule has 5 heteroatoms. The average molecular weight is 225 g/mol. The summed E-state index contributed by atoms with van der Waals surface area (Å²) in [5, 5.41) is 16.6. The largest absolute Gasteiger partial charge is 0.476 e. The molecule has 0 saturated carbocycles. The van der Waals surface area contributed by atoms with Crippen LogP contribution in [0.4, 0.5) is 0 Å². The molecule has 0 atom stereocenters. The van der Waals surface area contributed by atoms with Gasteiger partial charge >= 0.3 is 5.97 Å². The minimum absolute atomic E-state index is 0.115. The van der Waals surface area contributed by atoms with Gasteiger partial charge in [-0.1, -0.05) is 31.9 Å². The normalized spacial score (nSPS) is 10.6. The Bertz CT molecular complexity index is 347. The minimum Gasteiger partial charge on any atom is -0.476 e. The molecular weight excluding hydrogens is 206 g/mol. The summed E-state index contributed by atoms with van der Waals surface area (Å²) in [6, 6.07) is 0. The molecular formula is C11H19N3O2. The molecule has 1 N–H and O–H groups in total. The molecule has 0 aliphatic heterocycles. The monoisotopic (exact) mass is 225 g/mol. The van der Waals surface area contributed by atoms with E-state index in [1.165, 1.54) is 0 Å². The minimum atomic E-state index is -0.978. The Kier molecular flexibility index (Phi) is 4.95. The third-order valence-corrected chi connectivity index (χ3v) is 2.53. The number of carboxylic acid groups (broad SMARTS) is 1. The highest BCUT2D eigenvalue weighted by Gasteiger charge is 2.17. The predicted molar refractivity (Wildman–Crippen MR) is 60.5 cm³/mol. The molecule has 90 valence electrons. The highest BCUT2D eigenvalue weighted by Crippen LogP contribution is 2.11. The number of hydrogen-bond donors (Lipinski definition) is 1. The van der Waals surface area contributed by atoms with Crippen molar-refractivity contribution >= 4 is 5.97 Å². The lowest BCUT2D eigenvalue weighted by Gasteiger charge is -2.05. The van der Waals surface area contributed by atoms with Crippen LogP contribution < -0.4 is 0 Å². The number of aromatic nitrogens is 3. The van der Waals surface area contributed by atoms with E-state index >= 15 is 0 Å². The average Bonchev–Trinajstić information content (AvgIpc) is 2.66. The van der Waals surface area contributed by atoms with Gasteiger partial charge in [0.15, 0.2) is 5.69 Å². The summed E-state index contributed by atoms with van der Waals surface area (Å²) >= 11 is 0. The van der Waals surface area contributed by atoms with Crippen LogP contribution in [0.25, 0.3) is 0 Å². The van der Waals surface area contributed by atoms with Crippen LogP contribution in [0.3, 0.4) is 0 Å². The molecule has 0 aliphatic rings. The summed E-state index contributed by atoms with van der Waals surface area (Å²) in [4.78, 5) is 11.0. The summed E-state index contributed by atoms with van der Waals surface area (Å²) in [5.74, 6) is -0.978. The molecule has 1 aromatic heterocycles. The predicted octanol–water partition coefficient (Wildman–Crippen LogP) is 2.12. The quantitative estimate of drug-likeness (QED) is 0.771. The molecule has 0 fully saturated rings. The lowest BCUT2D eigenvalue weighted by Crippen LogP contribution is -2.08. The van der Waals surface area contributed by atoms with Crippen LogP contribution in [0.5, 0.6) is 0 Å². The summed E-state index contributed by atoms with van der Waals surface area (Å²) < 4.78 is 1.74. The lowest BCUT2D eigenvalue weighted by atomic mass is 10.1. The smallest absolute Gasteiger partial charge is 0.358 e. The fourth-order valence-electron chi connectivity index (χ4n) is 1.58. The highest BCUT2D eigenvalue weighted by atomic mass is 16.4. The molecule has 0 aliphatic carbocycles. The first-order valence-electron chi connectivity index (χ1n) is 5.86. The van der Waals surface area contributed by atoms with E-state index in [2.05, 4.69) is 24.2 Å². The molecule has 0 bridgehead atoms. The van der Waals surface area contributed by atoms with Crippen LogP contribution in [0.1, 0.15) is 55.7 Å². The van der Waals surface area contributed by atoms with Gasteiger partial charge in [0.05, 0.1) is 5.69 Å². The SMILES string of the molecule is CCCCc1c(C(=O)O)nnn1CCCC. The topological polar surface area (TPSA) is 68.0 Å². The van der Waals surface area contributed by atoms with E-state index < -0.39 is 5.97 Å². The van der Waals surface area contributed by atoms with Gasteiger partial charge in [-0.3, -0.25) is 0 Å². The Morgan fingerprint density at radius 1 is 1.31 bits per heavy atom. The maximum Gasteiger partial charge on any atom is 0.358 e. The van der Waals surface area contributed by atoms with Crippen LogP contribution in [0, 0.1) is 0 Å². The van der Waals surface area contributed by atoms with Crippen LogP contribution in [0.15, 0.2) is 0 Å². The Morgan fingerprint density at radius 2 is 2.00 bits per heavy atom. The first kappa shape index (κ1) is 12.7. The molecule has 1 aromatic rings. The molecule has 1 rings (SSSR count). The maximum atomic E-state index is 11.0. The van der Waals surface area contributed by atoms with Gasteiger partial charge in [0.2, 0.25) is 0 Å². The molecule has 0 spiro atoms. The van der Waals surface area contributed by atoms with Crippen molar-refractivity contribution in [1.29, 1.82) is 0 Å². The number of nitrogens with zero attached hydrogens (tertiary/aromatic N) is 3. The Hall–Kier alpha value is -1.39. The lowest BCUT2D eigenvalue weighted by molar-refractivity contribution is 0.0689. The van der Waals surface area contributed by atoms with Crippen LogP contribution in [-0.4, -0.2) is 26.1 Å². The van der Waals surface area contributed by atoms with Crippen molar-refractivity contribution in [2.45, 2.75) is 52.5 Å². The van der Waals surface area contributed by atoms with Crippen molar-refractivity contribution in [2.24, 2.45) is 0 Å². The Balaban J connectivity index is 2.85. The summed E-state index contributed by atoms with van der Waals surface area (Å²) in [7, 11) is 0. The first-order valence-corrected chi connectivity index (χ1v) is 5.86. The van der Waals surface area contributed by atoms with Gasteiger partial charge in [-0.25, -0.2) is 9.48 Å². The van der Waals surface area contributed by atoms with Crippen molar-refractivity contribution in [3.8, 4) is 0 Å². The standard InChI is InChI=1S/C11H19N3O2/c1-3-5-7-9-10(11(15)16)12-13-14(9)8-6-4-2/h3-8H2,1-2H3,(H,15,16). The molecule has 16 heavy (non-hydrogen) atoms. The molecule has 1 heterocycles. The zero-order valence-corrected chi connectivity index (χ0v) is 9.94. The summed E-state index contributed by atoms with van der Waals surface area (Å²) in [6.45, 7) is 4.94. The molecule has 0 unspecified atom stereocenters. The van der Waals surface area contributed by atoms with Gasteiger partial charge in [0.25, 0.3) is 0 Å². The van der Waals surface area contributed by atoms with Crippen LogP contribution >= 0.6 is 0 Å². The van der Waals surface area contributed by atoms with Crippen molar-refractivity contribution in [3.05, 3.63) is 11.4 Å². The molecule has 0 aromatic carbocycles. The fourth-order valence-corrected chi connectivity index (χ4v) is 1.58. The van der Waals surface area contributed by atoms with E-state index in [0.29, 0.717) is 0 Å². The third-order valence-electron chi connectivity index (χ3n) is 2.53. The zero-order valence-electron chi connectivity index (χ0n) is 9.94. The number of aryl methyl sites for hydroxylation is 1. The van der Waals surface area contributed by atoms with Crippen molar-refractivity contribution in [1.82, 2.24) is 15.0 Å². The van der Waals surface area contributed by atoms with E-state index in [0.717, 1.165) is 44.3 Å². The number of carboxylic acids is 1. The molecule has 0 radical (unpaired) electrons. The Morgan fingerprint density at radius 3 is 2.56 bits per heavy atom. The molecule has 5 nitrogen and oxygen atoms in total. The number of aromatic carboxylic acids is 1. The highest BCUT2D eigenvalue weighted by molar-refractivity contribution is 5.86. The number of unbranched alkanes of at least 4 members (excludes halogenated alkanes) is 2. The Labute approximate surface area is 95.5 Å². The van der Waals surface area contributed by atoms with E-state index in [1.807, 2.05) is 0 Å². The molecule has 0 amide bonds. The summed E-state index contributed by atoms with van der Waals surface area (Å²) in [5.41, 5.74) is 0.882. The van der Waals surface area contributed by atoms with Crippen molar-refractivity contribution in [2.75, 3.05) is 0 Å². The first-order chi connectivity index (χ1) is 7.70. The maximum absolute atomic E-state index is 11.0. The van der Waals surface area contributed by atoms with Crippen molar-refractivity contribution < 1.29 is 9.90 Å². The number of carbonyl (C=O) groups is 1. The second kappa shape index (κ2) is 6.25. The fraction of sp³-hybridized carbons (Fsp3) is 0.727. The van der Waals surface area contributed by atoms with Gasteiger partial charge < -0.3 is 5.11 Å². The van der Waals surface area contributed by atoms with Crippen molar-refractivity contribution in [3.63, 3.8) is 0 Å². The second-order valence-corrected chi connectivity index (χ2v) is 3.87. The van der Waals surface area contributed by atoms with E-state index in [1.54, 1.807) is 4.68 Å². The van der Waals surface area contributed by atoms with E-state index in [4.69, 9.17) is 5.11 Å². The van der Waals surface area contributed by atoms with Gasteiger partial charge in [-0.15, -0.1) is 5.10 Å². The zero-order chi connectivity index (χ0) is 12.0. The summed E-state index contributed by atoms with van der Waals surface area (Å²) in [6.07, 6.45) is 4.82. The second-order valence-electron chi connectivity index (χ2n) is 3.87. The van der Waals surface area contributed by atoms with Gasteiger partial charge in [-0.2, -0.15) is 0 Å². The van der Waals surface area contributed by atoms with Crippen LogP contribution in [-0.2, 0) is 13.0 Å². The third kappa shape index (κ3) is 3.05.